The molecule has 1 aromatic heterocycles. The molecule has 0 aliphatic carbocycles. The number of nitrogens with one attached hydrogen (secondary N) is 1. The smallest absolute Gasteiger partial charge is 0.109 e. The van der Waals surface area contributed by atoms with Crippen LogP contribution in [0.1, 0.15) is 24.3 Å². The Morgan fingerprint density at radius 2 is 2.60 bits per heavy atom. The second-order valence-electron chi connectivity index (χ2n) is 2.72. The van der Waals surface area contributed by atoms with Gasteiger partial charge in [0.1, 0.15) is 5.76 Å². The van der Waals surface area contributed by atoms with Crippen LogP contribution < -0.4 is 5.32 Å². The van der Waals surface area contributed by atoms with E-state index in [9.17, 15) is 0 Å². The van der Waals surface area contributed by atoms with Gasteiger partial charge in [-0.3, -0.25) is 0 Å². The molecule has 0 bridgehead atoms. The molecule has 0 aromatic carbocycles. The molecule has 2 heteroatoms. The van der Waals surface area contributed by atoms with E-state index in [0.29, 0.717) is 6.04 Å². The van der Waals surface area contributed by atoms with E-state index in [-0.39, 0.29) is 0 Å². The third kappa shape index (κ3) is 0.762. The van der Waals surface area contributed by atoms with Crippen molar-refractivity contribution in [2.75, 3.05) is 6.54 Å². The highest BCUT2D eigenvalue weighted by Crippen LogP contribution is 2.22. The Labute approximate surface area is 60.2 Å². The molecule has 1 atom stereocenters. The predicted octanol–water partition coefficient (Wildman–Crippen LogP) is 1.49. The molecule has 0 spiro atoms. The van der Waals surface area contributed by atoms with Crippen molar-refractivity contribution in [3.8, 4) is 0 Å². The highest BCUT2D eigenvalue weighted by atomic mass is 16.3. The fourth-order valence-corrected chi connectivity index (χ4v) is 1.45. The van der Waals surface area contributed by atoms with Gasteiger partial charge in [0.2, 0.25) is 0 Å². The lowest BCUT2D eigenvalue weighted by atomic mass is 10.0. The lowest BCUT2D eigenvalue weighted by molar-refractivity contribution is 0.446. The third-order valence-corrected chi connectivity index (χ3v) is 2.05. The van der Waals surface area contributed by atoms with Crippen LogP contribution in [-0.2, 0) is 6.42 Å². The summed E-state index contributed by atoms with van der Waals surface area (Å²) in [6.45, 7) is 3.20. The number of furan rings is 1. The zero-order chi connectivity index (χ0) is 6.97. The largest absolute Gasteiger partial charge is 0.469 e. The minimum atomic E-state index is 0.475. The molecule has 10 heavy (non-hydrogen) atoms. The molecule has 1 aliphatic heterocycles. The van der Waals surface area contributed by atoms with Crippen molar-refractivity contribution in [1.29, 1.82) is 0 Å². The fraction of sp³-hybridized carbons (Fsp3) is 0.500. The predicted molar refractivity (Wildman–Crippen MR) is 38.8 cm³/mol. The Bertz CT molecular complexity index is 229. The third-order valence-electron chi connectivity index (χ3n) is 2.05. The van der Waals surface area contributed by atoms with Gasteiger partial charge in [0.25, 0.3) is 0 Å². The second kappa shape index (κ2) is 2.13. The lowest BCUT2D eigenvalue weighted by Crippen LogP contribution is -2.26. The first-order valence-electron chi connectivity index (χ1n) is 3.67. The molecule has 1 aliphatic rings. The van der Waals surface area contributed by atoms with E-state index < -0.39 is 0 Å². The first-order valence-corrected chi connectivity index (χ1v) is 3.67. The maximum atomic E-state index is 5.29. The average Bonchev–Trinajstić information content (AvgIpc) is 2.36. The lowest BCUT2D eigenvalue weighted by Gasteiger charge is -2.18. The van der Waals surface area contributed by atoms with Crippen LogP contribution in [0.2, 0.25) is 0 Å². The van der Waals surface area contributed by atoms with Gasteiger partial charge in [-0.05, 0) is 13.0 Å². The monoisotopic (exact) mass is 137 g/mol. The maximum absolute atomic E-state index is 5.29. The Balaban J connectivity index is 2.41. The Morgan fingerprint density at radius 3 is 3.40 bits per heavy atom. The van der Waals surface area contributed by atoms with Gasteiger partial charge in [-0.2, -0.15) is 0 Å². The maximum Gasteiger partial charge on any atom is 0.109 e. The highest BCUT2D eigenvalue weighted by molar-refractivity contribution is 5.23. The SMILES string of the molecule is C[C@H]1NCCc2occc21. The van der Waals surface area contributed by atoms with E-state index in [4.69, 9.17) is 4.42 Å². The molecule has 0 saturated heterocycles. The number of fused-ring (bicyclic) bond motifs is 1. The molecule has 1 aromatic rings. The summed E-state index contributed by atoms with van der Waals surface area (Å²) < 4.78 is 5.29. The van der Waals surface area contributed by atoms with Crippen molar-refractivity contribution >= 4 is 0 Å². The van der Waals surface area contributed by atoms with Crippen molar-refractivity contribution < 1.29 is 4.42 Å². The van der Waals surface area contributed by atoms with Crippen LogP contribution in [0.4, 0.5) is 0 Å². The van der Waals surface area contributed by atoms with E-state index in [1.54, 1.807) is 6.26 Å². The molecule has 2 nitrogen and oxygen atoms in total. The van der Waals surface area contributed by atoms with Crippen molar-refractivity contribution in [2.45, 2.75) is 19.4 Å². The van der Waals surface area contributed by atoms with Gasteiger partial charge in [0.15, 0.2) is 0 Å². The minimum Gasteiger partial charge on any atom is -0.469 e. The standard InChI is InChI=1S/C8H11NO/c1-6-7-3-5-10-8(7)2-4-9-6/h3,5-6,9H,2,4H2,1H3/t6-/m1/s1. The van der Waals surface area contributed by atoms with Gasteiger partial charge in [0, 0.05) is 24.6 Å². The van der Waals surface area contributed by atoms with Gasteiger partial charge in [-0.25, -0.2) is 0 Å². The van der Waals surface area contributed by atoms with Gasteiger partial charge < -0.3 is 9.73 Å². The Kier molecular flexibility index (Phi) is 1.27. The topological polar surface area (TPSA) is 25.2 Å². The summed E-state index contributed by atoms with van der Waals surface area (Å²) in [7, 11) is 0. The quantitative estimate of drug-likeness (QED) is 0.586. The van der Waals surface area contributed by atoms with Crippen LogP contribution in [0.25, 0.3) is 0 Å². The van der Waals surface area contributed by atoms with Crippen LogP contribution in [0.3, 0.4) is 0 Å². The summed E-state index contributed by atoms with van der Waals surface area (Å²) >= 11 is 0. The number of hydrogen-bond acceptors (Lipinski definition) is 2. The number of hydrogen-bond donors (Lipinski definition) is 1. The summed E-state index contributed by atoms with van der Waals surface area (Å²) in [5, 5.41) is 3.36. The van der Waals surface area contributed by atoms with E-state index in [2.05, 4.69) is 12.2 Å². The highest BCUT2D eigenvalue weighted by Gasteiger charge is 2.17. The molecule has 1 N–H and O–H groups in total. The molecule has 0 amide bonds. The molecule has 0 radical (unpaired) electrons. The van der Waals surface area contributed by atoms with E-state index >= 15 is 0 Å². The normalized spacial score (nSPS) is 24.3. The average molecular weight is 137 g/mol. The van der Waals surface area contributed by atoms with Crippen LogP contribution in [0.15, 0.2) is 16.7 Å². The summed E-state index contributed by atoms with van der Waals surface area (Å²) in [6.07, 6.45) is 2.81. The van der Waals surface area contributed by atoms with Crippen molar-refractivity contribution in [1.82, 2.24) is 5.32 Å². The molecule has 2 rings (SSSR count). The van der Waals surface area contributed by atoms with Gasteiger partial charge in [-0.1, -0.05) is 0 Å². The van der Waals surface area contributed by atoms with E-state index in [1.165, 1.54) is 5.56 Å². The first-order chi connectivity index (χ1) is 4.88. The van der Waals surface area contributed by atoms with Crippen LogP contribution in [-0.4, -0.2) is 6.54 Å². The molecular weight excluding hydrogens is 126 g/mol. The molecule has 54 valence electrons. The molecular formula is C8H11NO. The molecule has 0 saturated carbocycles. The Morgan fingerprint density at radius 1 is 1.70 bits per heavy atom. The van der Waals surface area contributed by atoms with Gasteiger partial charge >= 0.3 is 0 Å². The summed E-state index contributed by atoms with van der Waals surface area (Å²) in [5.74, 6) is 1.16. The van der Waals surface area contributed by atoms with Crippen molar-refractivity contribution in [3.05, 3.63) is 23.7 Å². The zero-order valence-corrected chi connectivity index (χ0v) is 6.05. The summed E-state index contributed by atoms with van der Waals surface area (Å²) in [6, 6.07) is 2.52. The summed E-state index contributed by atoms with van der Waals surface area (Å²) in [4.78, 5) is 0. The number of rotatable bonds is 0. The summed E-state index contributed by atoms with van der Waals surface area (Å²) in [5.41, 5.74) is 1.33. The van der Waals surface area contributed by atoms with Crippen molar-refractivity contribution in [3.63, 3.8) is 0 Å². The first kappa shape index (κ1) is 5.98. The molecule has 0 fully saturated rings. The van der Waals surface area contributed by atoms with Crippen LogP contribution >= 0.6 is 0 Å². The van der Waals surface area contributed by atoms with Gasteiger partial charge in [0.05, 0.1) is 6.26 Å². The molecule has 2 heterocycles. The zero-order valence-electron chi connectivity index (χ0n) is 6.05. The van der Waals surface area contributed by atoms with E-state index in [0.717, 1.165) is 18.7 Å². The Hall–Kier alpha value is -0.760. The van der Waals surface area contributed by atoms with E-state index in [1.807, 2.05) is 6.07 Å². The minimum absolute atomic E-state index is 0.475. The fourth-order valence-electron chi connectivity index (χ4n) is 1.45. The van der Waals surface area contributed by atoms with Gasteiger partial charge in [-0.15, -0.1) is 0 Å². The van der Waals surface area contributed by atoms with Crippen LogP contribution in [0, 0.1) is 0 Å². The van der Waals surface area contributed by atoms with Crippen LogP contribution in [0.5, 0.6) is 0 Å². The second-order valence-corrected chi connectivity index (χ2v) is 2.72. The molecule has 0 unspecified atom stereocenters. The van der Waals surface area contributed by atoms with Crippen molar-refractivity contribution in [2.24, 2.45) is 0 Å².